The topological polar surface area (TPSA) is 79.1 Å². The Morgan fingerprint density at radius 3 is 2.64 bits per heavy atom. The van der Waals surface area contributed by atoms with E-state index in [2.05, 4.69) is 20.9 Å². The quantitative estimate of drug-likeness (QED) is 0.626. The van der Waals surface area contributed by atoms with Crippen LogP contribution < -0.4 is 5.73 Å². The molecule has 6 heteroatoms. The van der Waals surface area contributed by atoms with Gasteiger partial charge >= 0.3 is 0 Å². The number of benzene rings is 2. The molecule has 2 aromatic carbocycles. The molecule has 0 aliphatic carbocycles. The van der Waals surface area contributed by atoms with Gasteiger partial charge in [-0.15, -0.1) is 0 Å². The normalized spacial score (nSPS) is 12.2. The largest absolute Gasteiger partial charge is 0.386 e. The zero-order valence-corrected chi connectivity index (χ0v) is 14.3. The van der Waals surface area contributed by atoms with E-state index in [4.69, 9.17) is 17.3 Å². The van der Waals surface area contributed by atoms with Crippen LogP contribution in [0.5, 0.6) is 0 Å². The standard InChI is InChI=1S/C16H14BrClN2O2/c1-16(2,22)7-3-4-8-11(5-7)20-14-9(15(19)21)6-10(18)13(17)12(8)14/h3-6,20,22H,1-2H3,(H2,19,21). The third kappa shape index (κ3) is 2.29. The number of primary amides is 1. The second-order valence-electron chi connectivity index (χ2n) is 5.78. The molecule has 0 radical (unpaired) electrons. The highest BCUT2D eigenvalue weighted by Crippen LogP contribution is 2.39. The van der Waals surface area contributed by atoms with Crippen LogP contribution in [0.1, 0.15) is 29.8 Å². The summed E-state index contributed by atoms with van der Waals surface area (Å²) >= 11 is 9.66. The molecule has 0 atom stereocenters. The Morgan fingerprint density at radius 2 is 2.05 bits per heavy atom. The van der Waals surface area contributed by atoms with E-state index >= 15 is 0 Å². The maximum Gasteiger partial charge on any atom is 0.250 e. The number of aromatic nitrogens is 1. The number of carbonyl (C=O) groups excluding carboxylic acids is 1. The maximum absolute atomic E-state index is 11.7. The first kappa shape index (κ1) is 15.3. The lowest BCUT2D eigenvalue weighted by molar-refractivity contribution is 0.0787. The minimum absolute atomic E-state index is 0.337. The highest BCUT2D eigenvalue weighted by atomic mass is 79.9. The van der Waals surface area contributed by atoms with Gasteiger partial charge in [0.2, 0.25) is 0 Å². The number of rotatable bonds is 2. The minimum atomic E-state index is -0.952. The Bertz CT molecular complexity index is 925. The lowest BCUT2D eigenvalue weighted by atomic mass is 9.97. The molecule has 0 saturated carbocycles. The summed E-state index contributed by atoms with van der Waals surface area (Å²) in [5.74, 6) is -0.548. The third-order valence-electron chi connectivity index (χ3n) is 3.74. The summed E-state index contributed by atoms with van der Waals surface area (Å²) in [6.07, 6.45) is 0. The van der Waals surface area contributed by atoms with Gasteiger partial charge in [0.25, 0.3) is 5.91 Å². The molecule has 22 heavy (non-hydrogen) atoms. The van der Waals surface area contributed by atoms with Crippen LogP contribution in [0.4, 0.5) is 0 Å². The van der Waals surface area contributed by atoms with Crippen LogP contribution in [0, 0.1) is 0 Å². The highest BCUT2D eigenvalue weighted by Gasteiger charge is 2.20. The number of hydrogen-bond acceptors (Lipinski definition) is 2. The van der Waals surface area contributed by atoms with E-state index < -0.39 is 11.5 Å². The van der Waals surface area contributed by atoms with E-state index in [0.717, 1.165) is 21.9 Å². The molecule has 0 aliphatic rings. The van der Waals surface area contributed by atoms with Crippen molar-refractivity contribution in [3.05, 3.63) is 44.9 Å². The zero-order chi connectivity index (χ0) is 16.2. The molecule has 1 amide bonds. The van der Waals surface area contributed by atoms with Crippen LogP contribution in [0.25, 0.3) is 21.8 Å². The van der Waals surface area contributed by atoms with E-state index in [9.17, 15) is 9.90 Å². The number of halogens is 2. The maximum atomic E-state index is 11.7. The average molecular weight is 382 g/mol. The Balaban J connectivity index is 2.46. The van der Waals surface area contributed by atoms with Gasteiger partial charge in [0, 0.05) is 20.8 Å². The molecule has 4 N–H and O–H groups in total. The first-order valence-electron chi connectivity index (χ1n) is 6.66. The van der Waals surface area contributed by atoms with Crippen LogP contribution >= 0.6 is 27.5 Å². The van der Waals surface area contributed by atoms with E-state index in [0.29, 0.717) is 20.6 Å². The molecule has 0 bridgehead atoms. The summed E-state index contributed by atoms with van der Waals surface area (Å²) < 4.78 is 0.705. The van der Waals surface area contributed by atoms with Gasteiger partial charge in [-0.1, -0.05) is 23.7 Å². The van der Waals surface area contributed by atoms with Gasteiger partial charge in [-0.25, -0.2) is 0 Å². The fourth-order valence-electron chi connectivity index (χ4n) is 2.58. The van der Waals surface area contributed by atoms with Crippen molar-refractivity contribution in [3.8, 4) is 0 Å². The number of amides is 1. The molecule has 1 aromatic heterocycles. The Morgan fingerprint density at radius 1 is 1.36 bits per heavy atom. The molecule has 0 saturated heterocycles. The second-order valence-corrected chi connectivity index (χ2v) is 6.98. The molecule has 114 valence electrons. The van der Waals surface area contributed by atoms with Crippen molar-refractivity contribution >= 4 is 55.2 Å². The monoisotopic (exact) mass is 380 g/mol. The van der Waals surface area contributed by atoms with E-state index in [-0.39, 0.29) is 0 Å². The van der Waals surface area contributed by atoms with Crippen molar-refractivity contribution in [1.29, 1.82) is 0 Å². The summed E-state index contributed by atoms with van der Waals surface area (Å²) in [6, 6.07) is 7.16. The number of carbonyl (C=O) groups is 1. The van der Waals surface area contributed by atoms with Crippen LogP contribution in [0.2, 0.25) is 5.02 Å². The van der Waals surface area contributed by atoms with E-state index in [1.807, 2.05) is 18.2 Å². The fourth-order valence-corrected chi connectivity index (χ4v) is 3.31. The van der Waals surface area contributed by atoms with Crippen molar-refractivity contribution < 1.29 is 9.90 Å². The van der Waals surface area contributed by atoms with Crippen molar-refractivity contribution in [3.63, 3.8) is 0 Å². The summed E-state index contributed by atoms with van der Waals surface area (Å²) in [6.45, 7) is 3.44. The number of H-pyrrole nitrogens is 1. The van der Waals surface area contributed by atoms with E-state index in [1.54, 1.807) is 19.9 Å². The van der Waals surface area contributed by atoms with E-state index in [1.165, 1.54) is 0 Å². The minimum Gasteiger partial charge on any atom is -0.386 e. The van der Waals surface area contributed by atoms with Gasteiger partial charge in [-0.3, -0.25) is 4.79 Å². The molecule has 3 aromatic rings. The Hall–Kier alpha value is -1.56. The number of fused-ring (bicyclic) bond motifs is 3. The van der Waals surface area contributed by atoms with Gasteiger partial charge < -0.3 is 15.8 Å². The predicted octanol–water partition coefficient (Wildman–Crippen LogP) is 4.06. The number of aromatic amines is 1. The van der Waals surface area contributed by atoms with Crippen LogP contribution in [-0.2, 0) is 5.60 Å². The summed E-state index contributed by atoms with van der Waals surface area (Å²) in [5, 5.41) is 12.3. The lowest BCUT2D eigenvalue weighted by Crippen LogP contribution is -2.14. The first-order chi connectivity index (χ1) is 10.2. The molecule has 1 heterocycles. The summed E-state index contributed by atoms with van der Waals surface area (Å²) in [4.78, 5) is 14.9. The average Bonchev–Trinajstić information content (AvgIpc) is 2.79. The van der Waals surface area contributed by atoms with Crippen molar-refractivity contribution in [1.82, 2.24) is 4.98 Å². The Labute approximate surface area is 140 Å². The third-order valence-corrected chi connectivity index (χ3v) is 5.09. The number of nitrogens with one attached hydrogen (secondary N) is 1. The van der Waals surface area contributed by atoms with Crippen molar-refractivity contribution in [2.45, 2.75) is 19.4 Å². The highest BCUT2D eigenvalue weighted by molar-refractivity contribution is 9.10. The van der Waals surface area contributed by atoms with Gasteiger partial charge in [0.1, 0.15) is 0 Å². The molecule has 0 spiro atoms. The summed E-state index contributed by atoms with van der Waals surface area (Å²) in [7, 11) is 0. The van der Waals surface area contributed by atoms with Gasteiger partial charge in [-0.2, -0.15) is 0 Å². The van der Waals surface area contributed by atoms with Crippen molar-refractivity contribution in [2.24, 2.45) is 5.73 Å². The molecular weight excluding hydrogens is 368 g/mol. The molecule has 0 unspecified atom stereocenters. The smallest absolute Gasteiger partial charge is 0.250 e. The van der Waals surface area contributed by atoms with Gasteiger partial charge in [0.15, 0.2) is 0 Å². The van der Waals surface area contributed by atoms with Gasteiger partial charge in [0.05, 0.1) is 21.7 Å². The SMILES string of the molecule is CC(C)(O)c1ccc2c(c1)[nH]c1c(C(N)=O)cc(Cl)c(Br)c12. The van der Waals surface area contributed by atoms with Gasteiger partial charge in [-0.05, 0) is 47.5 Å². The van der Waals surface area contributed by atoms with Crippen LogP contribution in [0.3, 0.4) is 0 Å². The zero-order valence-electron chi connectivity index (χ0n) is 12.0. The number of aliphatic hydroxyl groups is 1. The molecule has 0 aliphatic heterocycles. The van der Waals surface area contributed by atoms with Crippen LogP contribution in [-0.4, -0.2) is 16.0 Å². The predicted molar refractivity (Wildman–Crippen MR) is 92.3 cm³/mol. The van der Waals surface area contributed by atoms with Crippen LogP contribution in [0.15, 0.2) is 28.7 Å². The van der Waals surface area contributed by atoms with Crippen molar-refractivity contribution in [2.75, 3.05) is 0 Å². The molecule has 4 nitrogen and oxygen atoms in total. The molecular formula is C16H14BrClN2O2. The second kappa shape index (κ2) is 4.98. The first-order valence-corrected chi connectivity index (χ1v) is 7.83. The summed E-state index contributed by atoms with van der Waals surface area (Å²) in [5.41, 5.74) is 7.04. The lowest BCUT2D eigenvalue weighted by Gasteiger charge is -2.17. The molecule has 3 rings (SSSR count). The number of hydrogen-bond donors (Lipinski definition) is 3. The number of nitrogens with two attached hydrogens (primary N) is 1. The molecule has 0 fully saturated rings. The Kier molecular flexibility index (Phi) is 3.47. The fraction of sp³-hybridized carbons (Fsp3) is 0.188.